The fourth-order valence-electron chi connectivity index (χ4n) is 4.18. The lowest BCUT2D eigenvalue weighted by atomic mass is 10.1. The number of cyclic esters (lactones) is 1. The zero-order chi connectivity index (χ0) is 30.1. The van der Waals surface area contributed by atoms with Crippen LogP contribution >= 0.6 is 45.3 Å². The van der Waals surface area contributed by atoms with Crippen LogP contribution in [0.3, 0.4) is 0 Å². The van der Waals surface area contributed by atoms with Crippen LogP contribution in [0.4, 0.5) is 4.79 Å². The smallest absolute Gasteiger partial charge is 0.408 e. The summed E-state index contributed by atoms with van der Waals surface area (Å²) in [7, 11) is 0. The van der Waals surface area contributed by atoms with E-state index in [0.29, 0.717) is 37.8 Å². The van der Waals surface area contributed by atoms with Gasteiger partial charge < -0.3 is 19.5 Å². The van der Waals surface area contributed by atoms with E-state index in [1.807, 2.05) is 35.2 Å². The van der Waals surface area contributed by atoms with E-state index in [4.69, 9.17) is 24.2 Å². The van der Waals surface area contributed by atoms with Gasteiger partial charge in [0, 0.05) is 34.5 Å². The third kappa shape index (κ3) is 6.17. The van der Waals surface area contributed by atoms with Crippen molar-refractivity contribution in [3.8, 4) is 43.4 Å². The maximum atomic E-state index is 12.1. The van der Waals surface area contributed by atoms with Crippen molar-refractivity contribution in [2.24, 2.45) is 0 Å². The molecule has 1 aliphatic heterocycles. The topological polar surface area (TPSA) is 157 Å². The number of thiazole rings is 4. The molecule has 0 aliphatic carbocycles. The number of nitrogens with zero attached hydrogens (tertiary/aromatic N) is 4. The van der Waals surface area contributed by atoms with Crippen molar-refractivity contribution in [2.45, 2.75) is 39.5 Å². The van der Waals surface area contributed by atoms with Crippen LogP contribution in [-0.4, -0.2) is 50.7 Å². The van der Waals surface area contributed by atoms with Gasteiger partial charge in [-0.15, -0.1) is 45.3 Å². The number of H-pyrrole nitrogens is 1. The van der Waals surface area contributed by atoms with Gasteiger partial charge >= 0.3 is 18.0 Å². The molecule has 6 heterocycles. The number of aromatic nitrogens is 5. The minimum atomic E-state index is -0.472. The highest BCUT2D eigenvalue weighted by Gasteiger charge is 2.35. The Morgan fingerprint density at radius 3 is 2.51 bits per heavy atom. The Hall–Kier alpha value is -4.12. The van der Waals surface area contributed by atoms with Crippen molar-refractivity contribution in [3.05, 3.63) is 50.0 Å². The molecule has 16 heteroatoms. The van der Waals surface area contributed by atoms with Crippen molar-refractivity contribution in [2.75, 3.05) is 6.61 Å². The highest BCUT2D eigenvalue weighted by molar-refractivity contribution is 7.15. The first kappa shape index (κ1) is 29.0. The fraction of sp³-hybridized carbons (Fsp3) is 0.259. The number of alkyl carbamates (subject to hydrolysis) is 1. The molecular weight excluding hydrogens is 633 g/mol. The molecular formula is C27H23N6O6S4+. The van der Waals surface area contributed by atoms with E-state index in [1.165, 1.54) is 52.3 Å². The number of carbonyl (C=O) groups is 3. The molecule has 0 unspecified atom stereocenters. The van der Waals surface area contributed by atoms with E-state index in [0.717, 1.165) is 16.3 Å². The Labute approximate surface area is 260 Å². The number of aromatic amines is 1. The normalized spacial score (nSPS) is 16.1. The monoisotopic (exact) mass is 655 g/mol. The number of hydrogen-bond acceptors (Lipinski definition) is 14. The maximum absolute atomic E-state index is 12.1. The first-order valence-corrected chi connectivity index (χ1v) is 16.5. The number of nitrogens with one attached hydrogen (secondary N) is 2. The summed E-state index contributed by atoms with van der Waals surface area (Å²) in [5, 5.41) is 12.9. The molecule has 2 atom stereocenters. The molecule has 0 bridgehead atoms. The Kier molecular flexibility index (Phi) is 8.25. The summed E-state index contributed by atoms with van der Waals surface area (Å²) in [5.74, 6) is -0.842. The van der Waals surface area contributed by atoms with E-state index in [-0.39, 0.29) is 37.0 Å². The molecule has 1 fully saturated rings. The Morgan fingerprint density at radius 2 is 1.74 bits per heavy atom. The standard InChI is InChI=1S/C27H22N6O6S4/c1-4-37-26(35)19-11-42-24(32-19)18-10-41-23(31-18)16-6-5-15(22-28-14(8-40-22)7-38-13(3)34)21(29-16)17-9-43-25(30-17)20-12(2)39-27(36)33-20/h5-6,8-12,20H,4,7H2,1-3H3,(H,33,36)/p+1/t12-,20+/m1/s1. The summed E-state index contributed by atoms with van der Waals surface area (Å²) in [6.45, 7) is 5.28. The highest BCUT2D eigenvalue weighted by Crippen LogP contribution is 2.36. The van der Waals surface area contributed by atoms with Gasteiger partial charge in [0.15, 0.2) is 10.7 Å². The Bertz CT molecular complexity index is 1830. The number of amides is 1. The van der Waals surface area contributed by atoms with Gasteiger partial charge in [-0.25, -0.2) is 34.5 Å². The minimum Gasteiger partial charge on any atom is -0.461 e. The van der Waals surface area contributed by atoms with E-state index in [1.54, 1.807) is 12.3 Å². The van der Waals surface area contributed by atoms with E-state index in [2.05, 4.69) is 20.3 Å². The zero-order valence-corrected chi connectivity index (χ0v) is 26.2. The summed E-state index contributed by atoms with van der Waals surface area (Å²) in [4.78, 5) is 57.3. The second kappa shape index (κ2) is 12.2. The number of pyridine rings is 1. The number of carbonyl (C=O) groups excluding carboxylic acids is 3. The summed E-state index contributed by atoms with van der Waals surface area (Å²) in [6.07, 6.45) is -0.825. The largest absolute Gasteiger partial charge is 0.461 e. The van der Waals surface area contributed by atoms with Crippen molar-refractivity contribution in [1.29, 1.82) is 0 Å². The van der Waals surface area contributed by atoms with Gasteiger partial charge in [-0.3, -0.25) is 4.79 Å². The van der Waals surface area contributed by atoms with Crippen LogP contribution in [0.1, 0.15) is 48.0 Å². The quantitative estimate of drug-likeness (QED) is 0.161. The maximum Gasteiger partial charge on any atom is 0.408 e. The average molecular weight is 656 g/mol. The predicted molar refractivity (Wildman–Crippen MR) is 161 cm³/mol. The first-order chi connectivity index (χ1) is 20.8. The second-order valence-corrected chi connectivity index (χ2v) is 12.6. The molecule has 12 nitrogen and oxygen atoms in total. The van der Waals surface area contributed by atoms with Crippen molar-refractivity contribution in [3.63, 3.8) is 0 Å². The molecule has 5 aromatic rings. The van der Waals surface area contributed by atoms with Gasteiger partial charge in [-0.05, 0) is 19.9 Å². The molecule has 2 N–H and O–H groups in total. The van der Waals surface area contributed by atoms with Gasteiger partial charge in [0.05, 0.1) is 17.9 Å². The van der Waals surface area contributed by atoms with Crippen LogP contribution in [0.25, 0.3) is 43.4 Å². The molecule has 220 valence electrons. The molecule has 1 saturated heterocycles. The minimum absolute atomic E-state index is 0.0829. The third-order valence-corrected chi connectivity index (χ3v) is 9.77. The van der Waals surface area contributed by atoms with Gasteiger partial charge in [0.25, 0.3) is 0 Å². The molecule has 0 aromatic carbocycles. The van der Waals surface area contributed by atoms with Crippen LogP contribution in [0.5, 0.6) is 0 Å². The van der Waals surface area contributed by atoms with Gasteiger partial charge in [-0.1, -0.05) is 0 Å². The molecule has 0 saturated carbocycles. The van der Waals surface area contributed by atoms with Crippen LogP contribution in [0.15, 0.2) is 33.7 Å². The zero-order valence-electron chi connectivity index (χ0n) is 22.9. The molecule has 5 aromatic heterocycles. The molecule has 43 heavy (non-hydrogen) atoms. The van der Waals surface area contributed by atoms with E-state index >= 15 is 0 Å². The predicted octanol–water partition coefficient (Wildman–Crippen LogP) is 5.40. The second-order valence-electron chi connectivity index (χ2n) is 9.18. The molecule has 6 rings (SSSR count). The number of ether oxygens (including phenoxy) is 3. The van der Waals surface area contributed by atoms with Crippen molar-refractivity contribution >= 4 is 63.4 Å². The summed E-state index contributed by atoms with van der Waals surface area (Å²) in [6, 6.07) is 3.51. The van der Waals surface area contributed by atoms with E-state index < -0.39 is 12.1 Å². The Morgan fingerprint density at radius 1 is 0.953 bits per heavy atom. The van der Waals surface area contributed by atoms with E-state index in [9.17, 15) is 14.4 Å². The lowest BCUT2D eigenvalue weighted by Crippen LogP contribution is -2.21. The summed E-state index contributed by atoms with van der Waals surface area (Å²) in [5.41, 5.74) is 4.46. The highest BCUT2D eigenvalue weighted by atomic mass is 32.1. The summed E-state index contributed by atoms with van der Waals surface area (Å²) >= 11 is 5.61. The SMILES string of the molecule is CCOC(=O)c1csc(-c2csc(-c3ccc(-c4nc(COC(C)=O)cs4)c(-c4csc([C@H]5NC(=O)O[C@@H]5C)n4)[nH+]3)n2)n1. The van der Waals surface area contributed by atoms with Crippen molar-refractivity contribution < 1.29 is 33.6 Å². The first-order valence-electron chi connectivity index (χ1n) is 13.0. The number of rotatable bonds is 9. The molecule has 0 spiro atoms. The van der Waals surface area contributed by atoms with Crippen molar-refractivity contribution in [1.82, 2.24) is 25.3 Å². The molecule has 1 amide bonds. The van der Waals surface area contributed by atoms with Crippen LogP contribution in [0, 0.1) is 0 Å². The van der Waals surface area contributed by atoms with Gasteiger partial charge in [-0.2, -0.15) is 0 Å². The summed E-state index contributed by atoms with van der Waals surface area (Å²) < 4.78 is 15.4. The lowest BCUT2D eigenvalue weighted by Gasteiger charge is -2.08. The number of esters is 2. The average Bonchev–Trinajstić information content (AvgIpc) is 3.82. The van der Waals surface area contributed by atoms with Crippen LogP contribution in [-0.2, 0) is 25.6 Å². The third-order valence-electron chi connectivity index (χ3n) is 6.17. The van der Waals surface area contributed by atoms with Crippen LogP contribution in [0.2, 0.25) is 0 Å². The van der Waals surface area contributed by atoms with Gasteiger partial charge in [0.2, 0.25) is 11.4 Å². The van der Waals surface area contributed by atoms with Gasteiger partial charge in [0.1, 0.15) is 45.2 Å². The number of hydrogen-bond donors (Lipinski definition) is 1. The fourth-order valence-corrected chi connectivity index (χ4v) is 7.57. The van der Waals surface area contributed by atoms with Crippen LogP contribution < -0.4 is 10.3 Å². The lowest BCUT2D eigenvalue weighted by molar-refractivity contribution is -0.350. The molecule has 1 aliphatic rings. The Balaban J connectivity index is 1.35. The molecule has 0 radical (unpaired) electrons.